The van der Waals surface area contributed by atoms with Gasteiger partial charge in [-0.1, -0.05) is 29.8 Å². The summed E-state index contributed by atoms with van der Waals surface area (Å²) in [5.41, 5.74) is 1.92. The molecular weight excluding hydrogens is 1020 g/mol. The molecule has 0 fully saturated rings. The molecule has 1 heterocycles. The average molecular weight is 1050 g/mol. The van der Waals surface area contributed by atoms with Crippen LogP contribution in [0.15, 0.2) is 129 Å². The van der Waals surface area contributed by atoms with Crippen molar-refractivity contribution >= 4 is 124 Å². The monoisotopic (exact) mass is 1050 g/mol. The van der Waals surface area contributed by atoms with E-state index < -0.39 is 127 Å². The number of aromatic hydroxyl groups is 1. The molecule has 0 spiro atoms. The van der Waals surface area contributed by atoms with Crippen LogP contribution < -0.4 is 17.0 Å². The number of aromatic nitrogens is 3. The van der Waals surface area contributed by atoms with Gasteiger partial charge in [-0.05, 0) is 77.7 Å². The number of nitrogens with two attached hydrogens (primary N) is 1. The van der Waals surface area contributed by atoms with E-state index in [1.165, 1.54) is 18.2 Å². The Morgan fingerprint density at radius 1 is 0.636 bits per heavy atom. The van der Waals surface area contributed by atoms with E-state index in [9.17, 15) is 60.9 Å². The van der Waals surface area contributed by atoms with Gasteiger partial charge >= 0.3 is 10.4 Å². The van der Waals surface area contributed by atoms with Crippen molar-refractivity contribution < 1.29 is 69.6 Å². The molecule has 0 saturated carbocycles. The summed E-state index contributed by atoms with van der Waals surface area (Å²) >= 11 is 12.1. The number of nitrogen functional groups attached to an aromatic ring is 1. The zero-order valence-corrected chi connectivity index (χ0v) is 37.7. The molecule has 1 aromatic heterocycles. The van der Waals surface area contributed by atoms with E-state index in [0.29, 0.717) is 22.8 Å². The van der Waals surface area contributed by atoms with Crippen LogP contribution in [0.5, 0.6) is 5.75 Å². The summed E-state index contributed by atoms with van der Waals surface area (Å²) in [6.45, 7) is -1.04. The Kier molecular flexibility index (Phi) is 13.9. The second-order valence-electron chi connectivity index (χ2n) is 12.8. The second-order valence-corrected chi connectivity index (χ2v) is 21.0. The third-order valence-corrected chi connectivity index (χ3v) is 13.6. The maximum absolute atomic E-state index is 13.0. The minimum Gasteiger partial charge on any atom is -0.505 e. The fourth-order valence-electron chi connectivity index (χ4n) is 5.63. The highest BCUT2D eigenvalue weighted by Crippen LogP contribution is 2.48. The first-order valence-corrected chi connectivity index (χ1v) is 25.4. The van der Waals surface area contributed by atoms with Crippen LogP contribution in [-0.2, 0) is 54.8 Å². The summed E-state index contributed by atoms with van der Waals surface area (Å²) < 4.78 is 166. The van der Waals surface area contributed by atoms with Crippen molar-refractivity contribution in [1.82, 2.24) is 15.0 Å². The molecule has 6 rings (SSSR count). The van der Waals surface area contributed by atoms with Gasteiger partial charge in [0, 0.05) is 5.02 Å². The van der Waals surface area contributed by atoms with Gasteiger partial charge in [-0.2, -0.15) is 38.7 Å². The van der Waals surface area contributed by atoms with Crippen LogP contribution in [0, 0.1) is 0 Å². The number of azo groups is 2. The first kappa shape index (κ1) is 49.3. The predicted octanol–water partition coefficient (Wildman–Crippen LogP) is 5.11. The Morgan fingerprint density at radius 3 is 1.88 bits per heavy atom. The van der Waals surface area contributed by atoms with Gasteiger partial charge < -0.3 is 15.8 Å². The van der Waals surface area contributed by atoms with Crippen molar-refractivity contribution in [2.45, 2.75) is 19.6 Å². The molecular formula is C33H26Cl2N10O16S5. The van der Waals surface area contributed by atoms with Gasteiger partial charge in [-0.15, -0.1) is 20.5 Å². The number of hydrogen-bond acceptors (Lipinski definition) is 20. The number of nitrogens with zero attached hydrogens (tertiary/aromatic N) is 7. The fraction of sp³-hybridized carbons (Fsp3) is 0.0606. The molecule has 6 aromatic rings. The molecule has 0 aliphatic rings. The minimum absolute atomic E-state index is 0.0776. The molecule has 0 radical (unpaired) electrons. The number of anilines is 1. The summed E-state index contributed by atoms with van der Waals surface area (Å²) in [7, 11) is -25.5. The molecule has 9 N–H and O–H groups in total. The highest BCUT2D eigenvalue weighted by Gasteiger charge is 2.29. The van der Waals surface area contributed by atoms with Crippen molar-refractivity contribution in [1.29, 1.82) is 0 Å². The number of nitrogens with one attached hydrogen (secondary N) is 2. The Labute approximate surface area is 381 Å². The molecule has 0 bridgehead atoms. The van der Waals surface area contributed by atoms with Gasteiger partial charge in [0.05, 0.1) is 39.7 Å². The molecule has 33 heteroatoms. The van der Waals surface area contributed by atoms with Crippen LogP contribution in [-0.4, -0.2) is 92.7 Å². The van der Waals surface area contributed by atoms with Crippen LogP contribution in [0.2, 0.25) is 10.3 Å². The van der Waals surface area contributed by atoms with Crippen molar-refractivity contribution in [2.75, 3.05) is 18.1 Å². The molecule has 0 amide bonds. The summed E-state index contributed by atoms with van der Waals surface area (Å²) in [6.07, 6.45) is 0. The van der Waals surface area contributed by atoms with Crippen LogP contribution in [0.3, 0.4) is 0 Å². The van der Waals surface area contributed by atoms with E-state index in [2.05, 4.69) is 49.6 Å². The molecule has 66 heavy (non-hydrogen) atoms. The van der Waals surface area contributed by atoms with Gasteiger partial charge in [0.15, 0.2) is 15.6 Å². The summed E-state index contributed by atoms with van der Waals surface area (Å²) in [5.74, 6) is -2.32. The lowest BCUT2D eigenvalue weighted by molar-refractivity contribution is 0.284. The van der Waals surface area contributed by atoms with Gasteiger partial charge in [0.2, 0.25) is 16.5 Å². The number of aromatic amines is 2. The van der Waals surface area contributed by atoms with Crippen LogP contribution >= 0.6 is 23.2 Å². The fourth-order valence-corrected chi connectivity index (χ4v) is 9.56. The maximum atomic E-state index is 13.0. The molecule has 0 unspecified atom stereocenters. The average Bonchev–Trinajstić information content (AvgIpc) is 3.18. The van der Waals surface area contributed by atoms with Crippen LogP contribution in [0.25, 0.3) is 10.8 Å². The first-order valence-electron chi connectivity index (χ1n) is 17.3. The van der Waals surface area contributed by atoms with Gasteiger partial charge in [-0.3, -0.25) is 23.2 Å². The highest BCUT2D eigenvalue weighted by molar-refractivity contribution is 7.91. The molecule has 348 valence electrons. The van der Waals surface area contributed by atoms with E-state index >= 15 is 0 Å². The third-order valence-electron chi connectivity index (χ3n) is 8.33. The van der Waals surface area contributed by atoms with Gasteiger partial charge in [0.1, 0.15) is 37.4 Å². The number of fused-ring (bicyclic) bond motifs is 1. The lowest BCUT2D eigenvalue weighted by Crippen LogP contribution is -2.26. The number of phenols is 1. The summed E-state index contributed by atoms with van der Waals surface area (Å²) in [4.78, 5) is 13.8. The maximum Gasteiger partial charge on any atom is 0.397 e. The highest BCUT2D eigenvalue weighted by atomic mass is 35.5. The summed E-state index contributed by atoms with van der Waals surface area (Å²) in [5, 5.41) is 25.1. The topological polar surface area (TPSA) is 426 Å². The number of H-pyrrole nitrogens is 2. The van der Waals surface area contributed by atoms with Crippen molar-refractivity contribution in [3.8, 4) is 5.75 Å². The van der Waals surface area contributed by atoms with Crippen molar-refractivity contribution in [3.05, 3.63) is 100 Å². The number of rotatable bonds is 14. The standard InChI is InChI=1S/C33H26Cl2N10O16S5/c34-17-4-3-5-18(14-17)37-32-39-31(35)40-33(41-32)38-19-8-9-23(63(49,50)51)21(15-19)43-45-29-25(65(55,56)57)13-16-12-24(64(52,53)54)28(27(36)26(16)30(29)46)44-42-20-6-1-2-7-22(20)62(47,48)11-10-61-66(58,59)60/h1-9,12-15,46H,10-11,36H2,(H,49,50,51)(H,52,53,54)(H,55,56,57)(H,58,59,60)(H2,37,38,39,40,41). The zero-order chi connectivity index (χ0) is 48.6. The number of sulfone groups is 1. The zero-order valence-electron chi connectivity index (χ0n) is 32.2. The number of phenolic OH excluding ortho intramolecular Hbond substituents is 1. The number of halogens is 2. The van der Waals surface area contributed by atoms with E-state index in [1.807, 2.05) is 0 Å². The quantitative estimate of drug-likeness (QED) is 0.0399. The lowest BCUT2D eigenvalue weighted by Gasteiger charge is -2.14. The van der Waals surface area contributed by atoms with Crippen LogP contribution in [0.1, 0.15) is 0 Å². The van der Waals surface area contributed by atoms with Crippen molar-refractivity contribution in [2.24, 2.45) is 30.4 Å². The Morgan fingerprint density at radius 2 is 1.24 bits per heavy atom. The molecule has 26 nitrogen and oxygen atoms in total. The van der Waals surface area contributed by atoms with Crippen LogP contribution in [0.4, 0.5) is 39.8 Å². The van der Waals surface area contributed by atoms with E-state index in [4.69, 9.17) is 33.5 Å². The Balaban J connectivity index is 1.51. The Bertz CT molecular complexity index is 3770. The van der Waals surface area contributed by atoms with Gasteiger partial charge in [0.25, 0.3) is 30.4 Å². The van der Waals surface area contributed by atoms with E-state index in [-0.39, 0.29) is 22.2 Å². The number of hydrogen-bond donors (Lipinski definition) is 8. The second kappa shape index (κ2) is 18.6. The molecule has 0 aliphatic carbocycles. The predicted molar refractivity (Wildman–Crippen MR) is 230 cm³/mol. The normalized spacial score (nSPS) is 13.7. The Hall–Kier alpha value is -6.10. The minimum atomic E-state index is -5.47. The molecule has 0 atom stereocenters. The molecule has 0 saturated heterocycles. The van der Waals surface area contributed by atoms with Crippen molar-refractivity contribution in [3.63, 3.8) is 0 Å². The first-order chi connectivity index (χ1) is 30.6. The smallest absolute Gasteiger partial charge is 0.397 e. The lowest BCUT2D eigenvalue weighted by atomic mass is 10.1. The SMILES string of the molecule is Nc1c(N=Nc2ccccc2S(=O)(=O)CCOS(=O)(=O)O)c(S(=O)(=O)O)cc2cc(S(=O)(=O)O)c(N=Nc3cc(N=c4[nH]c(Cl)nc(=Nc5cccc(Cl)c5)[nH]4)ccc3S(=O)(=O)O)c(O)c12. The summed E-state index contributed by atoms with van der Waals surface area (Å²) in [6, 6.07) is 14.7. The molecule has 0 aliphatic heterocycles. The van der Waals surface area contributed by atoms with E-state index in [0.717, 1.165) is 30.3 Å². The largest absolute Gasteiger partial charge is 0.505 e. The number of benzene rings is 5. The molecule has 5 aromatic carbocycles. The van der Waals surface area contributed by atoms with E-state index in [1.54, 1.807) is 18.2 Å². The third kappa shape index (κ3) is 11.8. The van der Waals surface area contributed by atoms with Gasteiger partial charge in [-0.25, -0.2) is 22.6 Å².